The summed E-state index contributed by atoms with van der Waals surface area (Å²) < 4.78 is 0. The number of benzene rings is 2. The lowest BCUT2D eigenvalue weighted by molar-refractivity contribution is 0.0697. The third kappa shape index (κ3) is 3.02. The minimum atomic E-state index is -0.940. The molecule has 0 unspecified atom stereocenters. The fraction of sp³-hybridized carbons (Fsp3) is 0.125. The number of aromatic amines is 1. The molecule has 0 radical (unpaired) electrons. The summed E-state index contributed by atoms with van der Waals surface area (Å²) >= 11 is 0. The van der Waals surface area contributed by atoms with Crippen LogP contribution in [0.15, 0.2) is 48.5 Å². The number of aromatic carboxylic acids is 1. The number of rotatable bonds is 5. The highest BCUT2D eigenvalue weighted by atomic mass is 16.4. The van der Waals surface area contributed by atoms with E-state index >= 15 is 0 Å². The number of imidazole rings is 1. The highest BCUT2D eigenvalue weighted by Gasteiger charge is 2.07. The van der Waals surface area contributed by atoms with E-state index in [9.17, 15) is 4.79 Å². The Morgan fingerprint density at radius 1 is 1.19 bits per heavy atom. The summed E-state index contributed by atoms with van der Waals surface area (Å²) in [6.07, 6.45) is 0.901. The van der Waals surface area contributed by atoms with E-state index in [1.54, 1.807) is 18.2 Å². The van der Waals surface area contributed by atoms with E-state index < -0.39 is 5.97 Å². The van der Waals surface area contributed by atoms with Gasteiger partial charge in [-0.25, -0.2) is 9.78 Å². The van der Waals surface area contributed by atoms with Crippen molar-refractivity contribution in [2.45, 2.75) is 6.42 Å². The van der Waals surface area contributed by atoms with Crippen molar-refractivity contribution < 1.29 is 9.90 Å². The van der Waals surface area contributed by atoms with Gasteiger partial charge in [-0.05, 0) is 30.2 Å². The highest BCUT2D eigenvalue weighted by Crippen LogP contribution is 2.16. The van der Waals surface area contributed by atoms with Crippen molar-refractivity contribution in [2.75, 3.05) is 11.9 Å². The molecule has 0 bridgehead atoms. The molecular formula is C16H15N3O2. The normalized spacial score (nSPS) is 10.7. The number of aromatic nitrogens is 2. The number of hydrogen-bond donors (Lipinski definition) is 3. The molecule has 3 rings (SSSR count). The molecule has 0 aliphatic carbocycles. The molecule has 5 nitrogen and oxygen atoms in total. The molecule has 3 N–H and O–H groups in total. The Morgan fingerprint density at radius 3 is 2.76 bits per heavy atom. The van der Waals surface area contributed by atoms with Gasteiger partial charge in [0.25, 0.3) is 0 Å². The summed E-state index contributed by atoms with van der Waals surface area (Å²) in [4.78, 5) is 18.4. The first-order chi connectivity index (χ1) is 10.2. The largest absolute Gasteiger partial charge is 0.478 e. The Labute approximate surface area is 121 Å². The number of nitrogens with one attached hydrogen (secondary N) is 2. The maximum absolute atomic E-state index is 10.9. The van der Waals surface area contributed by atoms with Gasteiger partial charge in [-0.1, -0.05) is 30.3 Å². The lowest BCUT2D eigenvalue weighted by Gasteiger charge is -2.02. The van der Waals surface area contributed by atoms with E-state index in [0.717, 1.165) is 24.0 Å². The number of carbonyl (C=O) groups is 1. The average molecular weight is 281 g/mol. The molecule has 0 aliphatic heterocycles. The molecule has 0 amide bonds. The number of hydrogen-bond acceptors (Lipinski definition) is 3. The summed E-state index contributed by atoms with van der Waals surface area (Å²) in [5, 5.41) is 12.2. The first-order valence-electron chi connectivity index (χ1n) is 6.73. The molecule has 1 aromatic heterocycles. The predicted molar refractivity (Wildman–Crippen MR) is 81.7 cm³/mol. The van der Waals surface area contributed by atoms with Crippen LogP contribution in [0.4, 0.5) is 5.95 Å². The molecule has 0 fully saturated rings. The van der Waals surface area contributed by atoms with Crippen LogP contribution in [-0.2, 0) is 6.42 Å². The second-order valence-electron chi connectivity index (χ2n) is 4.78. The van der Waals surface area contributed by atoms with Gasteiger partial charge in [-0.2, -0.15) is 0 Å². The van der Waals surface area contributed by atoms with E-state index in [1.165, 1.54) is 5.56 Å². The van der Waals surface area contributed by atoms with Crippen molar-refractivity contribution in [3.05, 3.63) is 59.7 Å². The van der Waals surface area contributed by atoms with Gasteiger partial charge in [0.05, 0.1) is 16.6 Å². The second-order valence-corrected chi connectivity index (χ2v) is 4.78. The van der Waals surface area contributed by atoms with Crippen LogP contribution in [-0.4, -0.2) is 27.6 Å². The quantitative estimate of drug-likeness (QED) is 0.672. The zero-order valence-electron chi connectivity index (χ0n) is 11.3. The monoisotopic (exact) mass is 281 g/mol. The molecule has 2 aromatic carbocycles. The molecule has 0 saturated carbocycles. The molecule has 0 saturated heterocycles. The third-order valence-corrected chi connectivity index (χ3v) is 3.28. The van der Waals surface area contributed by atoms with Gasteiger partial charge in [-0.3, -0.25) is 0 Å². The Bertz CT molecular complexity index is 766. The number of H-pyrrole nitrogens is 1. The van der Waals surface area contributed by atoms with Crippen LogP contribution in [0.2, 0.25) is 0 Å². The number of nitrogens with zero attached hydrogens (tertiary/aromatic N) is 1. The van der Waals surface area contributed by atoms with Gasteiger partial charge in [0, 0.05) is 6.54 Å². The molecule has 21 heavy (non-hydrogen) atoms. The van der Waals surface area contributed by atoms with Gasteiger partial charge >= 0.3 is 5.97 Å². The van der Waals surface area contributed by atoms with E-state index in [-0.39, 0.29) is 5.56 Å². The van der Waals surface area contributed by atoms with E-state index in [0.29, 0.717) is 5.95 Å². The molecule has 0 aliphatic rings. The van der Waals surface area contributed by atoms with Crippen molar-refractivity contribution in [3.8, 4) is 0 Å². The standard InChI is InChI=1S/C16H15N3O2/c20-15(21)12-6-7-13-14(10-12)19-16(18-13)17-9-8-11-4-2-1-3-5-11/h1-7,10H,8-9H2,(H,20,21)(H2,17,18,19). The topological polar surface area (TPSA) is 78.0 Å². The summed E-state index contributed by atoms with van der Waals surface area (Å²) in [5.74, 6) is -0.284. The average Bonchev–Trinajstić information content (AvgIpc) is 2.90. The van der Waals surface area contributed by atoms with Gasteiger partial charge in [0.1, 0.15) is 0 Å². The van der Waals surface area contributed by atoms with Gasteiger partial charge in [-0.15, -0.1) is 0 Å². The minimum absolute atomic E-state index is 0.252. The fourth-order valence-corrected chi connectivity index (χ4v) is 2.20. The van der Waals surface area contributed by atoms with Crippen LogP contribution < -0.4 is 5.32 Å². The van der Waals surface area contributed by atoms with Crippen LogP contribution in [0.25, 0.3) is 11.0 Å². The van der Waals surface area contributed by atoms with Crippen LogP contribution in [0.1, 0.15) is 15.9 Å². The molecule has 1 heterocycles. The van der Waals surface area contributed by atoms with Crippen LogP contribution in [0.3, 0.4) is 0 Å². The van der Waals surface area contributed by atoms with Crippen molar-refractivity contribution in [2.24, 2.45) is 0 Å². The summed E-state index contributed by atoms with van der Waals surface area (Å²) in [6.45, 7) is 0.760. The number of carboxylic acid groups (broad SMARTS) is 1. The van der Waals surface area contributed by atoms with Crippen LogP contribution in [0, 0.1) is 0 Å². The van der Waals surface area contributed by atoms with Crippen LogP contribution >= 0.6 is 0 Å². The SMILES string of the molecule is O=C(O)c1ccc2nc(NCCc3ccccc3)[nH]c2c1. The Hall–Kier alpha value is -2.82. The van der Waals surface area contributed by atoms with Gasteiger partial charge in [0.15, 0.2) is 0 Å². The van der Waals surface area contributed by atoms with E-state index in [1.807, 2.05) is 18.2 Å². The molecule has 106 valence electrons. The number of fused-ring (bicyclic) bond motifs is 1. The van der Waals surface area contributed by atoms with Crippen molar-refractivity contribution in [1.82, 2.24) is 9.97 Å². The molecule has 5 heteroatoms. The Morgan fingerprint density at radius 2 is 2.00 bits per heavy atom. The lowest BCUT2D eigenvalue weighted by Crippen LogP contribution is -2.05. The Kier molecular flexibility index (Phi) is 3.55. The maximum atomic E-state index is 10.9. The Balaban J connectivity index is 1.68. The zero-order chi connectivity index (χ0) is 14.7. The maximum Gasteiger partial charge on any atom is 0.335 e. The first-order valence-corrected chi connectivity index (χ1v) is 6.73. The molecule has 0 atom stereocenters. The summed E-state index contributed by atoms with van der Waals surface area (Å²) in [6, 6.07) is 15.0. The molecule has 3 aromatic rings. The minimum Gasteiger partial charge on any atom is -0.478 e. The van der Waals surface area contributed by atoms with Crippen molar-refractivity contribution in [3.63, 3.8) is 0 Å². The molecular weight excluding hydrogens is 266 g/mol. The van der Waals surface area contributed by atoms with E-state index in [4.69, 9.17) is 5.11 Å². The third-order valence-electron chi connectivity index (χ3n) is 3.28. The zero-order valence-corrected chi connectivity index (χ0v) is 11.3. The number of anilines is 1. The predicted octanol–water partition coefficient (Wildman–Crippen LogP) is 2.92. The van der Waals surface area contributed by atoms with Gasteiger partial charge < -0.3 is 15.4 Å². The summed E-state index contributed by atoms with van der Waals surface area (Å²) in [5.41, 5.74) is 2.98. The van der Waals surface area contributed by atoms with Crippen molar-refractivity contribution >= 4 is 23.0 Å². The lowest BCUT2D eigenvalue weighted by atomic mass is 10.1. The molecule has 0 spiro atoms. The summed E-state index contributed by atoms with van der Waals surface area (Å²) in [7, 11) is 0. The van der Waals surface area contributed by atoms with Crippen LogP contribution in [0.5, 0.6) is 0 Å². The highest BCUT2D eigenvalue weighted by molar-refractivity contribution is 5.92. The first kappa shape index (κ1) is 13.2. The second kappa shape index (κ2) is 5.66. The fourth-order valence-electron chi connectivity index (χ4n) is 2.20. The number of carboxylic acids is 1. The van der Waals surface area contributed by atoms with E-state index in [2.05, 4.69) is 27.4 Å². The van der Waals surface area contributed by atoms with Gasteiger partial charge in [0.2, 0.25) is 5.95 Å². The smallest absolute Gasteiger partial charge is 0.335 e. The van der Waals surface area contributed by atoms with Crippen molar-refractivity contribution in [1.29, 1.82) is 0 Å².